The number of hydrogen-bond acceptors (Lipinski definition) is 7. The van der Waals surface area contributed by atoms with Crippen molar-refractivity contribution < 1.29 is 23.1 Å². The van der Waals surface area contributed by atoms with E-state index >= 15 is 0 Å². The average Bonchev–Trinajstić information content (AvgIpc) is 2.98. The number of carboxylic acids is 1. The Bertz CT molecular complexity index is 1860. The first-order chi connectivity index (χ1) is 20.8. The number of fused-ring (bicyclic) bond motifs is 1. The minimum atomic E-state index is -4.55. The Hall–Kier alpha value is -5.05. The Labute approximate surface area is 251 Å². The monoisotopic (exact) mass is 604 g/mol. The molecule has 228 valence electrons. The number of benzene rings is 2. The first-order valence-electron chi connectivity index (χ1n) is 14.1. The van der Waals surface area contributed by atoms with E-state index in [-0.39, 0.29) is 22.7 Å². The largest absolute Gasteiger partial charge is 0.478 e. The number of nitrogens with one attached hydrogen (secondary N) is 1. The van der Waals surface area contributed by atoms with E-state index in [0.717, 1.165) is 17.7 Å². The first kappa shape index (κ1) is 30.4. The highest BCUT2D eigenvalue weighted by Gasteiger charge is 2.33. The number of aromatic nitrogens is 2. The fraction of sp³-hybridized carbons (Fsp3) is 0.312. The van der Waals surface area contributed by atoms with Gasteiger partial charge in [0.2, 0.25) is 0 Å². The number of nitrogens with zero attached hydrogens (tertiary/aromatic N) is 5. The van der Waals surface area contributed by atoms with Gasteiger partial charge >= 0.3 is 12.1 Å². The molecular weight excluding hydrogens is 573 g/mol. The van der Waals surface area contributed by atoms with Crippen LogP contribution in [0, 0.1) is 25.2 Å². The summed E-state index contributed by atoms with van der Waals surface area (Å²) in [5, 5.41) is 22.5. The van der Waals surface area contributed by atoms with Crippen molar-refractivity contribution >= 4 is 28.8 Å². The number of aromatic carboxylic acids is 1. The predicted octanol–water partition coefficient (Wildman–Crippen LogP) is 5.79. The van der Waals surface area contributed by atoms with Crippen LogP contribution in [-0.2, 0) is 6.18 Å². The van der Waals surface area contributed by atoms with Gasteiger partial charge in [0.1, 0.15) is 17.5 Å². The third-order valence-electron chi connectivity index (χ3n) is 7.97. The quantitative estimate of drug-likeness (QED) is 0.285. The standard InChI is InChI=1S/C32H31F3N6O3/c1-18-13-25(21(4)37-26-8-6-5-7-24(26)31(43)44)29-38-28(20(3)30(42)41(29)16-18)40-12-11-39(17-19(40)2)27-10-9-23(32(33,34)35)14-22(27)15-36/h5-10,13-14,16,19,21,37H,11-12,17H2,1-4H3,(H,43,44)/t19-,21?/m0/s1. The molecule has 1 unspecified atom stereocenters. The lowest BCUT2D eigenvalue weighted by Gasteiger charge is -2.42. The average molecular weight is 605 g/mol. The maximum Gasteiger partial charge on any atom is 0.416 e. The van der Waals surface area contributed by atoms with Gasteiger partial charge in [-0.15, -0.1) is 0 Å². The molecule has 12 heteroatoms. The Morgan fingerprint density at radius 2 is 1.89 bits per heavy atom. The van der Waals surface area contributed by atoms with Crippen LogP contribution in [0.1, 0.15) is 58.1 Å². The number of carbonyl (C=O) groups is 1. The highest BCUT2D eigenvalue weighted by atomic mass is 19.4. The number of hydrogen-bond donors (Lipinski definition) is 2. The van der Waals surface area contributed by atoms with Gasteiger partial charge in [0.25, 0.3) is 5.56 Å². The summed E-state index contributed by atoms with van der Waals surface area (Å²) in [5.74, 6) is -0.564. The zero-order valence-electron chi connectivity index (χ0n) is 24.6. The van der Waals surface area contributed by atoms with Crippen LogP contribution in [0.5, 0.6) is 0 Å². The summed E-state index contributed by atoms with van der Waals surface area (Å²) in [4.78, 5) is 34.3. The number of alkyl halides is 3. The van der Waals surface area contributed by atoms with Crippen LogP contribution in [-0.4, -0.2) is 46.1 Å². The molecule has 2 atom stereocenters. The number of rotatable bonds is 6. The molecule has 2 aromatic carbocycles. The van der Waals surface area contributed by atoms with Gasteiger partial charge in [-0.05, 0) is 69.7 Å². The van der Waals surface area contributed by atoms with Gasteiger partial charge in [0.15, 0.2) is 0 Å². The van der Waals surface area contributed by atoms with Crippen molar-refractivity contribution in [2.45, 2.75) is 46.0 Å². The Morgan fingerprint density at radius 3 is 2.55 bits per heavy atom. The lowest BCUT2D eigenvalue weighted by atomic mass is 10.0. The molecule has 4 aromatic rings. The number of nitriles is 1. The number of piperazine rings is 1. The second kappa shape index (κ2) is 11.6. The molecule has 44 heavy (non-hydrogen) atoms. The summed E-state index contributed by atoms with van der Waals surface area (Å²) in [6.07, 6.45) is -2.83. The van der Waals surface area contributed by atoms with Gasteiger partial charge in [0, 0.05) is 43.1 Å². The topological polar surface area (TPSA) is 114 Å². The molecule has 1 fully saturated rings. The Kier molecular flexibility index (Phi) is 7.99. The molecule has 5 rings (SSSR count). The van der Waals surface area contributed by atoms with Gasteiger partial charge < -0.3 is 20.2 Å². The van der Waals surface area contributed by atoms with Crippen LogP contribution in [0.4, 0.5) is 30.4 Å². The molecule has 0 spiro atoms. The van der Waals surface area contributed by atoms with Crippen LogP contribution < -0.4 is 20.7 Å². The van der Waals surface area contributed by atoms with Crippen molar-refractivity contribution in [2.24, 2.45) is 0 Å². The number of halogens is 3. The van der Waals surface area contributed by atoms with Crippen molar-refractivity contribution in [3.63, 3.8) is 0 Å². The first-order valence-corrected chi connectivity index (χ1v) is 14.1. The van der Waals surface area contributed by atoms with Gasteiger partial charge in [-0.2, -0.15) is 18.4 Å². The summed E-state index contributed by atoms with van der Waals surface area (Å²) in [7, 11) is 0. The molecule has 9 nitrogen and oxygen atoms in total. The van der Waals surface area contributed by atoms with E-state index in [1.54, 1.807) is 31.3 Å². The fourth-order valence-corrected chi connectivity index (χ4v) is 5.76. The smallest absolute Gasteiger partial charge is 0.416 e. The molecule has 0 bridgehead atoms. The van der Waals surface area contributed by atoms with E-state index in [2.05, 4.69) is 5.32 Å². The maximum absolute atomic E-state index is 13.7. The van der Waals surface area contributed by atoms with E-state index in [4.69, 9.17) is 4.98 Å². The van der Waals surface area contributed by atoms with Gasteiger partial charge in [0.05, 0.1) is 34.0 Å². The summed E-state index contributed by atoms with van der Waals surface area (Å²) in [6.45, 7) is 8.60. The van der Waals surface area contributed by atoms with E-state index in [1.807, 2.05) is 42.7 Å². The van der Waals surface area contributed by atoms with Crippen molar-refractivity contribution in [1.82, 2.24) is 9.38 Å². The van der Waals surface area contributed by atoms with Crippen molar-refractivity contribution in [3.05, 3.63) is 98.5 Å². The molecule has 1 saturated heterocycles. The summed E-state index contributed by atoms with van der Waals surface area (Å²) < 4.78 is 41.2. The van der Waals surface area contributed by atoms with E-state index in [0.29, 0.717) is 53.6 Å². The fourth-order valence-electron chi connectivity index (χ4n) is 5.76. The van der Waals surface area contributed by atoms with E-state index in [9.17, 15) is 33.1 Å². The van der Waals surface area contributed by atoms with Crippen LogP contribution in [0.15, 0.2) is 59.5 Å². The van der Waals surface area contributed by atoms with Crippen LogP contribution in [0.3, 0.4) is 0 Å². The van der Waals surface area contributed by atoms with Crippen LogP contribution in [0.25, 0.3) is 5.65 Å². The Morgan fingerprint density at radius 1 is 1.16 bits per heavy atom. The summed E-state index contributed by atoms with van der Waals surface area (Å²) in [5.41, 5.74) is 2.23. The number of anilines is 3. The molecule has 0 aliphatic carbocycles. The predicted molar refractivity (Wildman–Crippen MR) is 162 cm³/mol. The molecule has 1 aliphatic heterocycles. The van der Waals surface area contributed by atoms with E-state index < -0.39 is 23.8 Å². The zero-order valence-corrected chi connectivity index (χ0v) is 24.6. The summed E-state index contributed by atoms with van der Waals surface area (Å²) in [6, 6.07) is 13.0. The normalized spacial score (nSPS) is 16.1. The summed E-state index contributed by atoms with van der Waals surface area (Å²) >= 11 is 0. The number of carboxylic acid groups (broad SMARTS) is 1. The second-order valence-corrected chi connectivity index (χ2v) is 11.1. The van der Waals surface area contributed by atoms with Crippen molar-refractivity contribution in [3.8, 4) is 6.07 Å². The van der Waals surface area contributed by atoms with Gasteiger partial charge in [-0.25, -0.2) is 9.78 Å². The molecule has 0 amide bonds. The molecule has 0 saturated carbocycles. The SMILES string of the molecule is Cc1cc(C(C)Nc2ccccc2C(=O)O)c2nc(N3CCN(c4ccc(C(F)(F)F)cc4C#N)C[C@@H]3C)c(C)c(=O)n2c1. The zero-order chi connectivity index (χ0) is 31.9. The highest BCUT2D eigenvalue weighted by molar-refractivity contribution is 5.94. The molecule has 0 radical (unpaired) electrons. The highest BCUT2D eigenvalue weighted by Crippen LogP contribution is 2.34. The molecular formula is C32H31F3N6O3. The maximum atomic E-state index is 13.7. The van der Waals surface area contributed by atoms with E-state index in [1.165, 1.54) is 16.5 Å². The lowest BCUT2D eigenvalue weighted by molar-refractivity contribution is -0.137. The molecule has 2 N–H and O–H groups in total. The van der Waals surface area contributed by atoms with Crippen molar-refractivity contribution in [1.29, 1.82) is 5.26 Å². The number of pyridine rings is 1. The minimum absolute atomic E-state index is 0.0512. The molecule has 2 aromatic heterocycles. The lowest BCUT2D eigenvalue weighted by Crippen LogP contribution is -2.53. The molecule has 3 heterocycles. The van der Waals surface area contributed by atoms with Crippen LogP contribution >= 0.6 is 0 Å². The number of aryl methyl sites for hydroxylation is 1. The number of para-hydroxylation sites is 1. The second-order valence-electron chi connectivity index (χ2n) is 11.1. The third-order valence-corrected chi connectivity index (χ3v) is 7.97. The minimum Gasteiger partial charge on any atom is -0.478 e. The molecule has 1 aliphatic rings. The van der Waals surface area contributed by atoms with Crippen molar-refractivity contribution in [2.75, 3.05) is 34.8 Å². The Balaban J connectivity index is 1.49. The van der Waals surface area contributed by atoms with Gasteiger partial charge in [-0.1, -0.05) is 12.1 Å². The van der Waals surface area contributed by atoms with Gasteiger partial charge in [-0.3, -0.25) is 9.20 Å². The third kappa shape index (κ3) is 5.65. The van der Waals surface area contributed by atoms with Crippen LogP contribution in [0.2, 0.25) is 0 Å².